The molecule has 0 unspecified atom stereocenters. The minimum absolute atomic E-state index is 0.190. The van der Waals surface area contributed by atoms with Gasteiger partial charge < -0.3 is 4.57 Å². The van der Waals surface area contributed by atoms with Crippen molar-refractivity contribution >= 4 is 50.7 Å². The van der Waals surface area contributed by atoms with Gasteiger partial charge in [0.05, 0.1) is 26.8 Å². The van der Waals surface area contributed by atoms with Gasteiger partial charge in [0.25, 0.3) is 5.91 Å². The van der Waals surface area contributed by atoms with E-state index in [1.807, 2.05) is 0 Å². The first-order valence-electron chi connectivity index (χ1n) is 6.76. The summed E-state index contributed by atoms with van der Waals surface area (Å²) in [4.78, 5) is 16.8. The fourth-order valence-electron chi connectivity index (χ4n) is 2.17. The first kappa shape index (κ1) is 16.7. The summed E-state index contributed by atoms with van der Waals surface area (Å²) in [7, 11) is 0. The Morgan fingerprint density at radius 3 is 2.62 bits per heavy atom. The lowest BCUT2D eigenvalue weighted by Crippen LogP contribution is -2.16. The first-order valence-corrected chi connectivity index (χ1v) is 8.34. The zero-order valence-electron chi connectivity index (χ0n) is 12.1. The number of benzene rings is 2. The molecule has 0 atom stereocenters. The van der Waals surface area contributed by atoms with Gasteiger partial charge >= 0.3 is 0 Å². The Morgan fingerprint density at radius 1 is 1.25 bits per heavy atom. The molecule has 0 N–H and O–H groups in total. The van der Waals surface area contributed by atoms with Crippen molar-refractivity contribution in [3.8, 4) is 12.3 Å². The molecule has 0 spiro atoms. The number of amides is 1. The molecule has 7 heteroatoms. The topological polar surface area (TPSA) is 34.4 Å². The Bertz CT molecular complexity index is 1050. The van der Waals surface area contributed by atoms with Gasteiger partial charge in [-0.05, 0) is 36.4 Å². The summed E-state index contributed by atoms with van der Waals surface area (Å²) < 4.78 is 15.4. The molecule has 0 fully saturated rings. The summed E-state index contributed by atoms with van der Waals surface area (Å²) in [6.07, 6.45) is 5.42. The monoisotopic (exact) mass is 378 g/mol. The molecular formula is C17H9Cl2FN2OS. The van der Waals surface area contributed by atoms with Crippen LogP contribution in [0.4, 0.5) is 4.39 Å². The highest BCUT2D eigenvalue weighted by Gasteiger charge is 2.13. The van der Waals surface area contributed by atoms with Gasteiger partial charge in [-0.3, -0.25) is 4.79 Å². The van der Waals surface area contributed by atoms with Crippen LogP contribution in [0.2, 0.25) is 10.0 Å². The lowest BCUT2D eigenvalue weighted by atomic mass is 10.2. The number of terminal acetylenes is 1. The van der Waals surface area contributed by atoms with E-state index in [1.54, 1.807) is 16.7 Å². The van der Waals surface area contributed by atoms with E-state index in [4.69, 9.17) is 29.6 Å². The molecule has 24 heavy (non-hydrogen) atoms. The van der Waals surface area contributed by atoms with Crippen LogP contribution in [0.15, 0.2) is 41.4 Å². The molecule has 0 aliphatic heterocycles. The quantitative estimate of drug-likeness (QED) is 0.603. The van der Waals surface area contributed by atoms with Gasteiger partial charge in [-0.15, -0.1) is 6.42 Å². The Balaban J connectivity index is 2.20. The van der Waals surface area contributed by atoms with Crippen LogP contribution in [-0.2, 0) is 6.54 Å². The van der Waals surface area contributed by atoms with E-state index in [-0.39, 0.29) is 12.1 Å². The van der Waals surface area contributed by atoms with E-state index in [9.17, 15) is 9.18 Å². The van der Waals surface area contributed by atoms with Crippen molar-refractivity contribution in [2.24, 2.45) is 4.99 Å². The molecule has 1 heterocycles. The molecule has 0 saturated heterocycles. The second-order valence-electron chi connectivity index (χ2n) is 4.81. The number of fused-ring (bicyclic) bond motifs is 1. The van der Waals surface area contributed by atoms with Crippen molar-refractivity contribution in [2.75, 3.05) is 0 Å². The predicted molar refractivity (Wildman–Crippen MR) is 95.0 cm³/mol. The third-order valence-corrected chi connectivity index (χ3v) is 5.11. The van der Waals surface area contributed by atoms with E-state index in [0.29, 0.717) is 20.4 Å². The minimum Gasteiger partial charge on any atom is -0.303 e. The molecule has 0 aliphatic rings. The summed E-state index contributed by atoms with van der Waals surface area (Å²) in [5.74, 6) is 1.61. The number of thiazole rings is 1. The van der Waals surface area contributed by atoms with E-state index in [2.05, 4.69) is 10.9 Å². The van der Waals surface area contributed by atoms with Crippen LogP contribution in [-0.4, -0.2) is 10.5 Å². The third kappa shape index (κ3) is 3.09. The van der Waals surface area contributed by atoms with Crippen molar-refractivity contribution in [2.45, 2.75) is 6.54 Å². The zero-order chi connectivity index (χ0) is 17.3. The molecule has 3 nitrogen and oxygen atoms in total. The third-order valence-electron chi connectivity index (χ3n) is 3.27. The second-order valence-corrected chi connectivity index (χ2v) is 6.60. The van der Waals surface area contributed by atoms with Gasteiger partial charge in [-0.25, -0.2) is 4.39 Å². The normalized spacial score (nSPS) is 11.7. The number of carbonyl (C=O) groups is 1. The van der Waals surface area contributed by atoms with Gasteiger partial charge in [0.2, 0.25) is 0 Å². The maximum absolute atomic E-state index is 13.0. The average Bonchev–Trinajstić information content (AvgIpc) is 2.90. The van der Waals surface area contributed by atoms with Crippen LogP contribution < -0.4 is 4.80 Å². The number of carbonyl (C=O) groups excluding carboxylic acids is 1. The summed E-state index contributed by atoms with van der Waals surface area (Å²) in [5, 5.41) is 0.750. The number of hydrogen-bond acceptors (Lipinski definition) is 2. The number of rotatable bonds is 2. The van der Waals surface area contributed by atoms with E-state index in [0.717, 1.165) is 4.70 Å². The van der Waals surface area contributed by atoms with Crippen LogP contribution in [0.25, 0.3) is 10.2 Å². The average molecular weight is 379 g/mol. The zero-order valence-corrected chi connectivity index (χ0v) is 14.4. The maximum atomic E-state index is 13.0. The molecule has 0 radical (unpaired) electrons. The SMILES string of the molecule is C#CCn1c(=NC(=O)c2ccc(F)cc2)sc2ccc(Cl)c(Cl)c21. The van der Waals surface area contributed by atoms with Crippen LogP contribution in [0.1, 0.15) is 10.4 Å². The van der Waals surface area contributed by atoms with Crippen molar-refractivity contribution in [3.63, 3.8) is 0 Å². The minimum atomic E-state index is -0.491. The van der Waals surface area contributed by atoms with E-state index < -0.39 is 11.7 Å². The van der Waals surface area contributed by atoms with Crippen molar-refractivity contribution in [1.82, 2.24) is 4.57 Å². The smallest absolute Gasteiger partial charge is 0.279 e. The van der Waals surface area contributed by atoms with Crippen LogP contribution in [0.5, 0.6) is 0 Å². The van der Waals surface area contributed by atoms with Gasteiger partial charge in [0, 0.05) is 5.56 Å². The van der Waals surface area contributed by atoms with Gasteiger partial charge in [-0.1, -0.05) is 40.5 Å². The lowest BCUT2D eigenvalue weighted by molar-refractivity contribution is 0.0998. The van der Waals surface area contributed by atoms with E-state index in [1.165, 1.54) is 35.6 Å². The fourth-order valence-corrected chi connectivity index (χ4v) is 3.68. The number of aromatic nitrogens is 1. The van der Waals surface area contributed by atoms with Crippen molar-refractivity contribution < 1.29 is 9.18 Å². The lowest BCUT2D eigenvalue weighted by Gasteiger charge is -2.03. The molecule has 3 rings (SSSR count). The molecule has 0 saturated carbocycles. The molecule has 2 aromatic carbocycles. The van der Waals surface area contributed by atoms with Crippen LogP contribution >= 0.6 is 34.5 Å². The summed E-state index contributed by atoms with van der Waals surface area (Å²) in [6, 6.07) is 8.64. The Kier molecular flexibility index (Phi) is 4.72. The fraction of sp³-hybridized carbons (Fsp3) is 0.0588. The van der Waals surface area contributed by atoms with Crippen molar-refractivity contribution in [1.29, 1.82) is 0 Å². The van der Waals surface area contributed by atoms with Gasteiger partial charge in [0.15, 0.2) is 4.80 Å². The molecule has 3 aromatic rings. The van der Waals surface area contributed by atoms with Crippen LogP contribution in [0.3, 0.4) is 0 Å². The van der Waals surface area contributed by atoms with E-state index >= 15 is 0 Å². The molecular weight excluding hydrogens is 370 g/mol. The molecule has 120 valence electrons. The first-order chi connectivity index (χ1) is 11.5. The maximum Gasteiger partial charge on any atom is 0.279 e. The standard InChI is InChI=1S/C17H9Cl2FN2OS/c1-2-9-22-15-13(8-7-12(18)14(15)19)24-17(22)21-16(23)10-3-5-11(20)6-4-10/h1,3-8H,9H2. The molecule has 0 bridgehead atoms. The van der Waals surface area contributed by atoms with Crippen LogP contribution in [0, 0.1) is 18.2 Å². The second kappa shape index (κ2) is 6.78. The Hall–Kier alpha value is -2.13. The number of halogens is 3. The summed E-state index contributed by atoms with van der Waals surface area (Å²) in [6.45, 7) is 0.190. The number of hydrogen-bond donors (Lipinski definition) is 0. The highest BCUT2D eigenvalue weighted by molar-refractivity contribution is 7.16. The Morgan fingerprint density at radius 2 is 1.96 bits per heavy atom. The van der Waals surface area contributed by atoms with Crippen molar-refractivity contribution in [3.05, 3.63) is 62.6 Å². The van der Waals surface area contributed by atoms with Gasteiger partial charge in [-0.2, -0.15) is 4.99 Å². The highest BCUT2D eigenvalue weighted by atomic mass is 35.5. The highest BCUT2D eigenvalue weighted by Crippen LogP contribution is 2.32. The largest absolute Gasteiger partial charge is 0.303 e. The Labute approximate surface area is 151 Å². The summed E-state index contributed by atoms with van der Waals surface area (Å²) >= 11 is 13.6. The van der Waals surface area contributed by atoms with Gasteiger partial charge in [0.1, 0.15) is 5.82 Å². The molecule has 1 amide bonds. The molecule has 1 aromatic heterocycles. The summed E-state index contributed by atoms with van der Waals surface area (Å²) in [5.41, 5.74) is 0.919. The molecule has 0 aliphatic carbocycles. The predicted octanol–water partition coefficient (Wildman–Crippen LogP) is 4.52. The number of nitrogens with zero attached hydrogens (tertiary/aromatic N) is 2.